The highest BCUT2D eigenvalue weighted by Gasteiger charge is 2.04. The summed E-state index contributed by atoms with van der Waals surface area (Å²) in [5.74, 6) is -2.97. The summed E-state index contributed by atoms with van der Waals surface area (Å²) >= 11 is 0. The average molecular weight is 261 g/mol. The fourth-order valence-electron chi connectivity index (χ4n) is 0.802. The summed E-state index contributed by atoms with van der Waals surface area (Å²) in [6, 6.07) is 0. The van der Waals surface area contributed by atoms with Gasteiger partial charge in [-0.1, -0.05) is 0 Å². The van der Waals surface area contributed by atoms with E-state index in [1.54, 1.807) is 11.8 Å². The third kappa shape index (κ3) is 6.40. The Morgan fingerprint density at radius 2 is 2.11 bits per heavy atom. The Balaban J connectivity index is 0.000000411. The van der Waals surface area contributed by atoms with Crippen LogP contribution in [0.4, 0.5) is 5.95 Å². The Morgan fingerprint density at radius 1 is 1.50 bits per heavy atom. The minimum absolute atomic E-state index is 0.396. The molecule has 0 saturated heterocycles. The summed E-state index contributed by atoms with van der Waals surface area (Å²) < 4.78 is 6.52. The molecule has 1 aromatic rings. The van der Waals surface area contributed by atoms with Gasteiger partial charge in [0.2, 0.25) is 5.95 Å². The van der Waals surface area contributed by atoms with E-state index in [1.165, 1.54) is 6.33 Å². The van der Waals surface area contributed by atoms with Crippen molar-refractivity contribution < 1.29 is 24.5 Å². The molecule has 102 valence electrons. The van der Waals surface area contributed by atoms with Crippen molar-refractivity contribution in [2.75, 3.05) is 25.5 Å². The topological polar surface area (TPSA) is 153 Å². The van der Waals surface area contributed by atoms with Crippen molar-refractivity contribution in [3.8, 4) is 0 Å². The van der Waals surface area contributed by atoms with Crippen LogP contribution in [0.2, 0.25) is 0 Å². The van der Waals surface area contributed by atoms with Crippen molar-refractivity contribution in [3.05, 3.63) is 6.33 Å². The number of hydrogen-bond acceptors (Lipinski definition) is 7. The molecule has 0 fully saturated rings. The molecule has 0 amide bonds. The number of rotatable bonds is 5. The van der Waals surface area contributed by atoms with E-state index in [2.05, 4.69) is 15.4 Å². The quantitative estimate of drug-likeness (QED) is 0.459. The second-order valence-corrected chi connectivity index (χ2v) is 2.83. The maximum absolute atomic E-state index is 9.10. The SMILES string of the molecule is COCn1ncnc1NCCN.O=C(O)C(=O)O. The molecule has 1 rings (SSSR count). The average Bonchev–Trinajstić information content (AvgIpc) is 2.75. The fourth-order valence-corrected chi connectivity index (χ4v) is 0.802. The van der Waals surface area contributed by atoms with E-state index in [4.69, 9.17) is 30.3 Å². The van der Waals surface area contributed by atoms with E-state index in [0.29, 0.717) is 25.8 Å². The Kier molecular flexibility index (Phi) is 7.81. The van der Waals surface area contributed by atoms with Gasteiger partial charge in [0.05, 0.1) is 0 Å². The molecule has 1 aromatic heterocycles. The molecule has 0 spiro atoms. The lowest BCUT2D eigenvalue weighted by Gasteiger charge is -2.05. The molecule has 1 heterocycles. The highest BCUT2D eigenvalue weighted by atomic mass is 16.5. The van der Waals surface area contributed by atoms with Gasteiger partial charge < -0.3 is 26.0 Å². The van der Waals surface area contributed by atoms with Gasteiger partial charge in [-0.3, -0.25) is 0 Å². The Hall–Kier alpha value is -2.20. The van der Waals surface area contributed by atoms with Crippen molar-refractivity contribution >= 4 is 17.9 Å². The lowest BCUT2D eigenvalue weighted by atomic mass is 10.6. The van der Waals surface area contributed by atoms with Crippen LogP contribution >= 0.6 is 0 Å². The van der Waals surface area contributed by atoms with Crippen LogP contribution in [0, 0.1) is 0 Å². The first-order valence-electron chi connectivity index (χ1n) is 4.79. The summed E-state index contributed by atoms with van der Waals surface area (Å²) in [4.78, 5) is 22.2. The molecule has 0 aromatic carbocycles. The predicted molar refractivity (Wildman–Crippen MR) is 59.8 cm³/mol. The van der Waals surface area contributed by atoms with Crippen LogP contribution in [0.3, 0.4) is 0 Å². The van der Waals surface area contributed by atoms with E-state index in [9.17, 15) is 0 Å². The second-order valence-electron chi connectivity index (χ2n) is 2.83. The van der Waals surface area contributed by atoms with Crippen LogP contribution in [0.15, 0.2) is 6.33 Å². The van der Waals surface area contributed by atoms with Gasteiger partial charge in [0.15, 0.2) is 0 Å². The highest BCUT2D eigenvalue weighted by molar-refractivity contribution is 6.27. The van der Waals surface area contributed by atoms with Gasteiger partial charge >= 0.3 is 11.9 Å². The third-order valence-corrected chi connectivity index (χ3v) is 1.48. The van der Waals surface area contributed by atoms with E-state index >= 15 is 0 Å². The molecule has 18 heavy (non-hydrogen) atoms. The van der Waals surface area contributed by atoms with E-state index < -0.39 is 11.9 Å². The number of aliphatic carboxylic acids is 2. The van der Waals surface area contributed by atoms with Gasteiger partial charge in [-0.15, -0.1) is 0 Å². The van der Waals surface area contributed by atoms with Crippen molar-refractivity contribution in [2.45, 2.75) is 6.73 Å². The number of nitrogens with zero attached hydrogens (tertiary/aromatic N) is 3. The van der Waals surface area contributed by atoms with E-state index in [-0.39, 0.29) is 0 Å². The monoisotopic (exact) mass is 261 g/mol. The maximum atomic E-state index is 9.10. The van der Waals surface area contributed by atoms with Gasteiger partial charge in [0, 0.05) is 20.2 Å². The number of nitrogens with one attached hydrogen (secondary N) is 1. The smallest absolute Gasteiger partial charge is 0.414 e. The molecular weight excluding hydrogens is 246 g/mol. The molecule has 5 N–H and O–H groups in total. The summed E-state index contributed by atoms with van der Waals surface area (Å²) in [5.41, 5.74) is 5.32. The first-order valence-corrected chi connectivity index (χ1v) is 4.79. The zero-order valence-electron chi connectivity index (χ0n) is 9.74. The Morgan fingerprint density at radius 3 is 2.56 bits per heavy atom. The molecular formula is C8H15N5O5. The van der Waals surface area contributed by atoms with E-state index in [0.717, 1.165) is 0 Å². The first kappa shape index (κ1) is 15.8. The molecule has 0 radical (unpaired) electrons. The summed E-state index contributed by atoms with van der Waals surface area (Å²) in [7, 11) is 1.61. The Bertz CT molecular complexity index is 368. The van der Waals surface area contributed by atoms with Gasteiger partial charge in [-0.2, -0.15) is 10.1 Å². The van der Waals surface area contributed by atoms with Gasteiger partial charge in [0.25, 0.3) is 0 Å². The van der Waals surface area contributed by atoms with Crippen LogP contribution in [-0.2, 0) is 21.1 Å². The van der Waals surface area contributed by atoms with Crippen LogP contribution in [0.1, 0.15) is 0 Å². The number of carboxylic acids is 2. The fraction of sp³-hybridized carbons (Fsp3) is 0.500. The number of methoxy groups -OCH3 is 1. The van der Waals surface area contributed by atoms with Crippen LogP contribution in [0.25, 0.3) is 0 Å². The number of nitrogens with two attached hydrogens (primary N) is 1. The number of carboxylic acid groups (broad SMARTS) is 2. The predicted octanol–water partition coefficient (Wildman–Crippen LogP) is -1.59. The first-order chi connectivity index (χ1) is 8.52. The van der Waals surface area contributed by atoms with Crippen molar-refractivity contribution in [2.24, 2.45) is 5.73 Å². The standard InChI is InChI=1S/C6H13N5O.C2H2O4/c1-12-5-11-6(8-3-2-7)9-4-10-11;3-1(4)2(5)6/h4H,2-3,5,7H2,1H3,(H,8,9,10);(H,3,4)(H,5,6). The molecule has 0 bridgehead atoms. The van der Waals surface area contributed by atoms with Gasteiger partial charge in [-0.25, -0.2) is 14.3 Å². The lowest BCUT2D eigenvalue weighted by molar-refractivity contribution is -0.159. The number of carbonyl (C=O) groups is 2. The third-order valence-electron chi connectivity index (χ3n) is 1.48. The minimum atomic E-state index is -1.82. The maximum Gasteiger partial charge on any atom is 0.414 e. The Labute approximate surface area is 102 Å². The number of anilines is 1. The zero-order chi connectivity index (χ0) is 14.0. The molecule has 0 aliphatic rings. The molecule has 0 unspecified atom stereocenters. The van der Waals surface area contributed by atoms with E-state index in [1.807, 2.05) is 0 Å². The van der Waals surface area contributed by atoms with Crippen molar-refractivity contribution in [1.29, 1.82) is 0 Å². The summed E-state index contributed by atoms with van der Waals surface area (Å²) in [5, 5.41) is 21.7. The molecule has 0 saturated carbocycles. The minimum Gasteiger partial charge on any atom is -0.473 e. The molecule has 0 atom stereocenters. The molecule has 10 nitrogen and oxygen atoms in total. The zero-order valence-corrected chi connectivity index (χ0v) is 9.74. The molecule has 0 aliphatic heterocycles. The van der Waals surface area contributed by atoms with Crippen LogP contribution in [0.5, 0.6) is 0 Å². The highest BCUT2D eigenvalue weighted by Crippen LogP contribution is 1.99. The molecule has 0 aliphatic carbocycles. The van der Waals surface area contributed by atoms with Crippen LogP contribution < -0.4 is 11.1 Å². The van der Waals surface area contributed by atoms with Gasteiger partial charge in [-0.05, 0) is 0 Å². The number of hydrogen-bond donors (Lipinski definition) is 4. The van der Waals surface area contributed by atoms with Gasteiger partial charge in [0.1, 0.15) is 13.1 Å². The summed E-state index contributed by atoms with van der Waals surface area (Å²) in [6.45, 7) is 1.65. The normalized spacial score (nSPS) is 9.22. The molecule has 10 heteroatoms. The number of aromatic nitrogens is 3. The van der Waals surface area contributed by atoms with Crippen molar-refractivity contribution in [1.82, 2.24) is 14.8 Å². The second kappa shape index (κ2) is 8.90. The largest absolute Gasteiger partial charge is 0.473 e. The van der Waals surface area contributed by atoms with Crippen LogP contribution in [-0.4, -0.2) is 57.1 Å². The van der Waals surface area contributed by atoms with Crippen molar-refractivity contribution in [3.63, 3.8) is 0 Å². The lowest BCUT2D eigenvalue weighted by Crippen LogP contribution is -2.17. The number of ether oxygens (including phenoxy) is 1. The summed E-state index contributed by atoms with van der Waals surface area (Å²) in [6.07, 6.45) is 1.47.